The Morgan fingerprint density at radius 3 is 0.924 bits per heavy atom. The summed E-state index contributed by atoms with van der Waals surface area (Å²) in [7, 11) is 0. The Labute approximate surface area is 427 Å². The maximum atomic E-state index is 14.2. The molecule has 0 fully saturated rings. The van der Waals surface area contributed by atoms with Crippen LogP contribution in [-0.4, -0.2) is 16.9 Å². The summed E-state index contributed by atoms with van der Waals surface area (Å²) in [5.41, 5.74) is -29.5. The zero-order valence-electron chi connectivity index (χ0n) is 38.5. The maximum Gasteiger partial charge on any atom is 0.416 e. The van der Waals surface area contributed by atoms with E-state index in [0.717, 1.165) is 0 Å². The van der Waals surface area contributed by atoms with Gasteiger partial charge in [0.05, 0.1) is 50.7 Å². The molecule has 0 radical (unpaired) electrons. The number of benzene rings is 6. The van der Waals surface area contributed by atoms with Crippen LogP contribution in [0.3, 0.4) is 0 Å². The molecular formula is C50H27BF24N2O2. The summed E-state index contributed by atoms with van der Waals surface area (Å²) in [5.74, 6) is 1.21. The average molecular weight is 1150 g/mol. The lowest BCUT2D eigenvalue weighted by atomic mass is 9.12. The Hall–Kier alpha value is -7.75. The van der Waals surface area contributed by atoms with Gasteiger partial charge in [-0.15, -0.1) is 0 Å². The largest absolute Gasteiger partial charge is 0.434 e. The van der Waals surface area contributed by atoms with E-state index in [1.807, 2.05) is 60.7 Å². The summed E-state index contributed by atoms with van der Waals surface area (Å²) >= 11 is 0. The molecule has 0 aliphatic carbocycles. The summed E-state index contributed by atoms with van der Waals surface area (Å²) in [6.45, 7) is 0.248. The third kappa shape index (κ3) is 14.5. The highest BCUT2D eigenvalue weighted by Gasteiger charge is 2.47. The number of para-hydroxylation sites is 1. The zero-order chi connectivity index (χ0) is 59.1. The van der Waals surface area contributed by atoms with Crippen LogP contribution in [0.2, 0.25) is 0 Å². The van der Waals surface area contributed by atoms with E-state index in [1.54, 1.807) is 23.2 Å². The van der Waals surface area contributed by atoms with E-state index < -0.39 is 195 Å². The van der Waals surface area contributed by atoms with E-state index in [-0.39, 0.29) is 12.3 Å². The molecule has 0 amide bonds. The molecule has 4 nitrogen and oxygen atoms in total. The SMILES string of the molecule is FC(F)(F)c1cc([B-](c2cc(C(F)(F)F)cc(C(F)(F)F)c2)(c2cc(C(F)(F)F)cc(C(F)(F)F)c2)c2cc(C(F)(F)F)cc(C(F)(F)F)c2)cc(C(F)(F)F)c1.O=C(C[n+]1ccnc(Oc2ccccc2)c1)c1ccccc1. The third-order valence-corrected chi connectivity index (χ3v) is 11.6. The van der Waals surface area contributed by atoms with Crippen molar-refractivity contribution in [2.45, 2.75) is 56.0 Å². The van der Waals surface area contributed by atoms with Crippen molar-refractivity contribution in [1.29, 1.82) is 0 Å². The van der Waals surface area contributed by atoms with Crippen LogP contribution >= 0.6 is 0 Å². The van der Waals surface area contributed by atoms with Crippen LogP contribution in [0.4, 0.5) is 105 Å². The lowest BCUT2D eigenvalue weighted by molar-refractivity contribution is -0.683. The Kier molecular flexibility index (Phi) is 16.4. The van der Waals surface area contributed by atoms with Gasteiger partial charge in [-0.3, -0.25) is 4.79 Å². The van der Waals surface area contributed by atoms with Crippen LogP contribution in [0, 0.1) is 0 Å². The second kappa shape index (κ2) is 21.5. The molecule has 0 aliphatic rings. The lowest BCUT2D eigenvalue weighted by Crippen LogP contribution is -2.75. The monoisotopic (exact) mass is 1150 g/mol. The number of ether oxygens (including phenoxy) is 1. The molecule has 0 N–H and O–H groups in total. The summed E-state index contributed by atoms with van der Waals surface area (Å²) in [4.78, 5) is 16.4. The number of Topliss-reactive ketones (excluding diaryl/α,β-unsaturated/α-hetero) is 1. The lowest BCUT2D eigenvalue weighted by Gasteiger charge is -2.46. The van der Waals surface area contributed by atoms with Crippen molar-refractivity contribution >= 4 is 33.8 Å². The summed E-state index contributed by atoms with van der Waals surface area (Å²) in [6.07, 6.45) is -49.7. The van der Waals surface area contributed by atoms with Crippen molar-refractivity contribution in [2.75, 3.05) is 0 Å². The molecule has 420 valence electrons. The number of hydrogen-bond acceptors (Lipinski definition) is 3. The van der Waals surface area contributed by atoms with Crippen LogP contribution in [0.1, 0.15) is 54.9 Å². The zero-order valence-corrected chi connectivity index (χ0v) is 38.5. The fourth-order valence-corrected chi connectivity index (χ4v) is 8.12. The fraction of sp³-hybridized carbons (Fsp3) is 0.180. The number of halogens is 24. The minimum atomic E-state index is -6.13. The van der Waals surface area contributed by atoms with E-state index >= 15 is 0 Å². The van der Waals surface area contributed by atoms with E-state index in [9.17, 15) is 110 Å². The van der Waals surface area contributed by atoms with Gasteiger partial charge in [0, 0.05) is 5.56 Å². The van der Waals surface area contributed by atoms with Crippen LogP contribution < -0.4 is 31.2 Å². The number of rotatable bonds is 9. The van der Waals surface area contributed by atoms with Gasteiger partial charge < -0.3 is 4.74 Å². The number of hydrogen-bond donors (Lipinski definition) is 0. The van der Waals surface area contributed by atoms with Gasteiger partial charge in [-0.1, -0.05) is 97.1 Å². The molecule has 0 saturated heterocycles. The first-order valence-corrected chi connectivity index (χ1v) is 21.6. The normalized spacial score (nSPS) is 13.2. The van der Waals surface area contributed by atoms with Crippen molar-refractivity contribution in [1.82, 2.24) is 4.98 Å². The van der Waals surface area contributed by atoms with E-state index in [4.69, 9.17) is 4.74 Å². The molecule has 1 heterocycles. The molecular weight excluding hydrogens is 1130 g/mol. The van der Waals surface area contributed by atoms with Gasteiger partial charge in [-0.25, -0.2) is 4.98 Å². The molecule has 6 aromatic carbocycles. The predicted octanol–water partition coefficient (Wildman–Crippen LogP) is 14.3. The summed E-state index contributed by atoms with van der Waals surface area (Å²) in [6, 6.07) is 9.83. The number of nitrogens with zero attached hydrogens (tertiary/aromatic N) is 2. The first kappa shape index (κ1) is 60.5. The van der Waals surface area contributed by atoms with Crippen LogP contribution in [0.25, 0.3) is 0 Å². The highest BCUT2D eigenvalue weighted by atomic mass is 19.4. The summed E-state index contributed by atoms with van der Waals surface area (Å²) in [5, 5.41) is 0. The molecule has 0 saturated carbocycles. The number of ketones is 1. The number of carbonyl (C=O) groups is 1. The molecule has 0 unspecified atom stereocenters. The van der Waals surface area contributed by atoms with Gasteiger partial charge in [0.2, 0.25) is 18.5 Å². The quantitative estimate of drug-likeness (QED) is 0.0626. The molecule has 7 rings (SSSR count). The molecule has 0 atom stereocenters. The van der Waals surface area contributed by atoms with Crippen molar-refractivity contribution in [3.05, 3.63) is 202 Å². The number of aromatic nitrogens is 2. The van der Waals surface area contributed by atoms with Crippen LogP contribution in [-0.2, 0) is 56.0 Å². The minimum Gasteiger partial charge on any atom is -0.434 e. The van der Waals surface area contributed by atoms with Gasteiger partial charge >= 0.3 is 49.4 Å². The Bertz CT molecular complexity index is 2870. The highest BCUT2D eigenvalue weighted by Crippen LogP contribution is 2.41. The molecule has 0 spiro atoms. The Morgan fingerprint density at radius 1 is 0.392 bits per heavy atom. The summed E-state index contributed by atoms with van der Waals surface area (Å²) < 4.78 is 348. The Morgan fingerprint density at radius 2 is 0.658 bits per heavy atom. The van der Waals surface area contributed by atoms with Crippen molar-refractivity contribution in [3.8, 4) is 11.6 Å². The molecule has 1 aromatic heterocycles. The van der Waals surface area contributed by atoms with Crippen molar-refractivity contribution in [2.24, 2.45) is 0 Å². The number of alkyl halides is 24. The van der Waals surface area contributed by atoms with Gasteiger partial charge in [-0.2, -0.15) is 132 Å². The molecule has 0 aliphatic heterocycles. The second-order valence-corrected chi connectivity index (χ2v) is 17.0. The molecule has 7 aromatic rings. The van der Waals surface area contributed by atoms with E-state index in [0.29, 0.717) is 17.2 Å². The molecule has 0 bridgehead atoms. The highest BCUT2D eigenvalue weighted by molar-refractivity contribution is 7.20. The van der Waals surface area contributed by atoms with Crippen molar-refractivity contribution in [3.63, 3.8) is 0 Å². The topological polar surface area (TPSA) is 43.1 Å². The van der Waals surface area contributed by atoms with E-state index in [1.165, 1.54) is 0 Å². The minimum absolute atomic E-state index is 0.0439. The second-order valence-electron chi connectivity index (χ2n) is 17.0. The third-order valence-electron chi connectivity index (χ3n) is 11.6. The first-order valence-electron chi connectivity index (χ1n) is 21.6. The van der Waals surface area contributed by atoms with Gasteiger partial charge in [0.1, 0.15) is 11.9 Å². The fourth-order valence-electron chi connectivity index (χ4n) is 8.12. The smallest absolute Gasteiger partial charge is 0.416 e. The maximum absolute atomic E-state index is 14.2. The van der Waals surface area contributed by atoms with Crippen LogP contribution in [0.5, 0.6) is 11.6 Å². The van der Waals surface area contributed by atoms with Crippen molar-refractivity contribution < 1.29 is 119 Å². The molecule has 29 heteroatoms. The Balaban J connectivity index is 0.000000378. The van der Waals surface area contributed by atoms with Crippen LogP contribution in [0.15, 0.2) is 152 Å². The van der Waals surface area contributed by atoms with Gasteiger partial charge in [0.15, 0.2) is 6.20 Å². The standard InChI is InChI=1S/C32H12BF24.C18H15N2O2/c34-25(35,36)13-1-14(26(37,38)39)6-21(5-13)33(22-7-15(27(40,41)42)2-16(8-22)28(43,44)45,23-9-17(29(46,47)48)3-18(10-23)30(49,50)51)24-11-19(31(52,53)54)4-20(12-24)32(55,56)57;21-17(15-7-3-1-4-8-15)13-20-12-11-19-18(14-20)22-16-9-5-2-6-10-16/h1-12H;1-12,14H,13H2/q-1;+1. The molecule has 79 heavy (non-hydrogen) atoms. The first-order chi connectivity index (χ1) is 36.1. The van der Waals surface area contributed by atoms with E-state index in [2.05, 4.69) is 4.98 Å². The average Bonchev–Trinajstić information content (AvgIpc) is 3.54. The number of carbonyl (C=O) groups excluding carboxylic acids is 1. The predicted molar refractivity (Wildman–Crippen MR) is 232 cm³/mol. The van der Waals surface area contributed by atoms with Gasteiger partial charge in [-0.05, 0) is 36.4 Å². The van der Waals surface area contributed by atoms with Gasteiger partial charge in [0.25, 0.3) is 5.88 Å².